The lowest BCUT2D eigenvalue weighted by Crippen LogP contribution is -2.32. The second-order valence-corrected chi connectivity index (χ2v) is 7.53. The highest BCUT2D eigenvalue weighted by molar-refractivity contribution is 5.95. The lowest BCUT2D eigenvalue weighted by atomic mass is 9.81. The molecule has 1 aliphatic carbocycles. The molecule has 0 aliphatic heterocycles. The molecule has 0 radical (unpaired) electrons. The van der Waals surface area contributed by atoms with Gasteiger partial charge in [0.1, 0.15) is 0 Å². The summed E-state index contributed by atoms with van der Waals surface area (Å²) in [5.74, 6) is -0.115. The van der Waals surface area contributed by atoms with Crippen molar-refractivity contribution in [2.75, 3.05) is 10.6 Å². The van der Waals surface area contributed by atoms with Gasteiger partial charge in [-0.05, 0) is 75.4 Å². The zero-order valence-electron chi connectivity index (χ0n) is 16.3. The lowest BCUT2D eigenvalue weighted by molar-refractivity contribution is -0.125. The van der Waals surface area contributed by atoms with Crippen molar-refractivity contribution in [1.29, 1.82) is 5.26 Å². The Bertz CT molecular complexity index is 904. The van der Waals surface area contributed by atoms with E-state index >= 15 is 0 Å². The number of hydrogen-bond acceptors (Lipinski definition) is 3. The molecule has 144 valence electrons. The number of hydrogen-bond donors (Lipinski definition) is 2. The fraction of sp³-hybridized carbons (Fsp3) is 0.348. The van der Waals surface area contributed by atoms with Crippen LogP contribution in [0.3, 0.4) is 0 Å². The topological polar surface area (TPSA) is 82.0 Å². The average molecular weight is 375 g/mol. The fourth-order valence-corrected chi connectivity index (χ4v) is 3.68. The second-order valence-electron chi connectivity index (χ2n) is 7.53. The maximum atomic E-state index is 12.6. The first-order chi connectivity index (χ1) is 13.5. The molecular formula is C23H25N3O2. The van der Waals surface area contributed by atoms with E-state index < -0.39 is 0 Å². The van der Waals surface area contributed by atoms with E-state index in [-0.39, 0.29) is 23.7 Å². The van der Waals surface area contributed by atoms with Crippen LogP contribution in [-0.4, -0.2) is 11.8 Å². The first-order valence-corrected chi connectivity index (χ1v) is 9.65. The molecule has 2 amide bonds. The third-order valence-corrected chi connectivity index (χ3v) is 5.39. The fourth-order valence-electron chi connectivity index (χ4n) is 3.68. The molecule has 2 N–H and O–H groups in total. The van der Waals surface area contributed by atoms with Crippen LogP contribution in [0.15, 0.2) is 42.5 Å². The maximum Gasteiger partial charge on any atom is 0.227 e. The van der Waals surface area contributed by atoms with Crippen molar-refractivity contribution in [3.8, 4) is 6.07 Å². The molecule has 0 atom stereocenters. The number of carbonyl (C=O) groups is 2. The molecule has 3 rings (SSSR count). The van der Waals surface area contributed by atoms with Crippen LogP contribution in [0, 0.1) is 37.0 Å². The Labute approximate surface area is 165 Å². The van der Waals surface area contributed by atoms with Gasteiger partial charge in [-0.25, -0.2) is 0 Å². The van der Waals surface area contributed by atoms with Gasteiger partial charge in [0.25, 0.3) is 0 Å². The summed E-state index contributed by atoms with van der Waals surface area (Å²) >= 11 is 0. The van der Waals surface area contributed by atoms with Crippen molar-refractivity contribution in [1.82, 2.24) is 0 Å². The van der Waals surface area contributed by atoms with Crippen LogP contribution in [0.4, 0.5) is 11.4 Å². The number of amides is 2. The molecule has 0 heterocycles. The van der Waals surface area contributed by atoms with Gasteiger partial charge in [0.15, 0.2) is 0 Å². The standard InChI is InChI=1S/C23H25N3O2/c1-15-3-12-21(16(2)13-15)26-23(28)19-8-6-18(7-9-19)22(27)25-20-10-4-17(14-24)5-11-20/h3-5,10-13,18-19H,6-9H2,1-2H3,(H,25,27)(H,26,28). The molecule has 0 aromatic heterocycles. The van der Waals surface area contributed by atoms with Crippen LogP contribution in [0.5, 0.6) is 0 Å². The summed E-state index contributed by atoms with van der Waals surface area (Å²) in [4.78, 5) is 25.1. The molecular weight excluding hydrogens is 350 g/mol. The molecule has 1 fully saturated rings. The van der Waals surface area contributed by atoms with Gasteiger partial charge in [0, 0.05) is 23.2 Å². The predicted molar refractivity (Wildman–Crippen MR) is 110 cm³/mol. The number of nitrogens with one attached hydrogen (secondary N) is 2. The lowest BCUT2D eigenvalue weighted by Gasteiger charge is -2.27. The normalized spacial score (nSPS) is 18.8. The maximum absolute atomic E-state index is 12.6. The molecule has 0 saturated heterocycles. The number of nitriles is 1. The van der Waals surface area contributed by atoms with Crippen LogP contribution in [0.25, 0.3) is 0 Å². The Morgan fingerprint density at radius 1 is 0.893 bits per heavy atom. The van der Waals surface area contributed by atoms with E-state index in [1.165, 1.54) is 5.56 Å². The zero-order valence-corrected chi connectivity index (χ0v) is 16.3. The van der Waals surface area contributed by atoms with Crippen molar-refractivity contribution < 1.29 is 9.59 Å². The number of benzene rings is 2. The molecule has 1 saturated carbocycles. The minimum absolute atomic E-state index is 0.0158. The molecule has 5 heteroatoms. The molecule has 28 heavy (non-hydrogen) atoms. The monoisotopic (exact) mass is 375 g/mol. The van der Waals surface area contributed by atoms with E-state index in [4.69, 9.17) is 5.26 Å². The van der Waals surface area contributed by atoms with Gasteiger partial charge in [-0.2, -0.15) is 5.26 Å². The SMILES string of the molecule is Cc1ccc(NC(=O)C2CCC(C(=O)Nc3ccc(C#N)cc3)CC2)c(C)c1. The van der Waals surface area contributed by atoms with E-state index in [2.05, 4.69) is 22.8 Å². The Morgan fingerprint density at radius 3 is 2.00 bits per heavy atom. The third kappa shape index (κ3) is 4.77. The molecule has 5 nitrogen and oxygen atoms in total. The Hall–Kier alpha value is -3.13. The smallest absolute Gasteiger partial charge is 0.227 e. The minimum Gasteiger partial charge on any atom is -0.326 e. The van der Waals surface area contributed by atoms with Gasteiger partial charge < -0.3 is 10.6 Å². The van der Waals surface area contributed by atoms with Gasteiger partial charge >= 0.3 is 0 Å². The third-order valence-electron chi connectivity index (χ3n) is 5.39. The van der Waals surface area contributed by atoms with E-state index in [0.717, 1.165) is 11.3 Å². The van der Waals surface area contributed by atoms with Gasteiger partial charge in [0.05, 0.1) is 11.6 Å². The Balaban J connectivity index is 1.51. The molecule has 2 aromatic rings. The van der Waals surface area contributed by atoms with Crippen LogP contribution in [0.2, 0.25) is 0 Å². The van der Waals surface area contributed by atoms with Crippen molar-refractivity contribution in [2.24, 2.45) is 11.8 Å². The van der Waals surface area contributed by atoms with E-state index in [1.807, 2.05) is 26.0 Å². The van der Waals surface area contributed by atoms with Crippen molar-refractivity contribution >= 4 is 23.2 Å². The van der Waals surface area contributed by atoms with Gasteiger partial charge in [-0.3, -0.25) is 9.59 Å². The molecule has 1 aliphatic rings. The summed E-state index contributed by atoms with van der Waals surface area (Å²) in [5, 5.41) is 14.8. The van der Waals surface area contributed by atoms with Crippen LogP contribution in [-0.2, 0) is 9.59 Å². The Morgan fingerprint density at radius 2 is 1.46 bits per heavy atom. The number of nitrogens with zero attached hydrogens (tertiary/aromatic N) is 1. The number of rotatable bonds is 4. The van der Waals surface area contributed by atoms with Crippen LogP contribution < -0.4 is 10.6 Å². The highest BCUT2D eigenvalue weighted by atomic mass is 16.2. The second kappa shape index (κ2) is 8.71. The Kier molecular flexibility index (Phi) is 6.10. The summed E-state index contributed by atoms with van der Waals surface area (Å²) in [6, 6.07) is 14.9. The van der Waals surface area contributed by atoms with Gasteiger partial charge in [0.2, 0.25) is 11.8 Å². The van der Waals surface area contributed by atoms with Crippen LogP contribution in [0.1, 0.15) is 42.4 Å². The number of anilines is 2. The average Bonchev–Trinajstić information content (AvgIpc) is 2.70. The van der Waals surface area contributed by atoms with Gasteiger partial charge in [-0.15, -0.1) is 0 Å². The summed E-state index contributed by atoms with van der Waals surface area (Å²) in [7, 11) is 0. The number of aryl methyl sites for hydroxylation is 2. The largest absolute Gasteiger partial charge is 0.326 e. The number of carbonyl (C=O) groups excluding carboxylic acids is 2. The molecule has 0 bridgehead atoms. The minimum atomic E-state index is -0.0826. The first-order valence-electron chi connectivity index (χ1n) is 9.65. The molecule has 0 unspecified atom stereocenters. The summed E-state index contributed by atoms with van der Waals surface area (Å²) < 4.78 is 0. The highest BCUT2D eigenvalue weighted by Gasteiger charge is 2.30. The van der Waals surface area contributed by atoms with E-state index in [9.17, 15) is 9.59 Å². The van der Waals surface area contributed by atoms with E-state index in [1.54, 1.807) is 24.3 Å². The predicted octanol–water partition coefficient (Wildman–Crippen LogP) is 4.56. The summed E-state index contributed by atoms with van der Waals surface area (Å²) in [6.07, 6.45) is 2.82. The van der Waals surface area contributed by atoms with Gasteiger partial charge in [-0.1, -0.05) is 17.7 Å². The quantitative estimate of drug-likeness (QED) is 0.822. The summed E-state index contributed by atoms with van der Waals surface area (Å²) in [5.41, 5.74) is 4.34. The van der Waals surface area contributed by atoms with E-state index in [0.29, 0.717) is 36.9 Å². The van der Waals surface area contributed by atoms with Crippen molar-refractivity contribution in [2.45, 2.75) is 39.5 Å². The van der Waals surface area contributed by atoms with Crippen molar-refractivity contribution in [3.63, 3.8) is 0 Å². The molecule has 0 spiro atoms. The zero-order chi connectivity index (χ0) is 20.1. The van der Waals surface area contributed by atoms with Crippen LogP contribution >= 0.6 is 0 Å². The summed E-state index contributed by atoms with van der Waals surface area (Å²) in [6.45, 7) is 4.02. The van der Waals surface area contributed by atoms with Crippen molar-refractivity contribution in [3.05, 3.63) is 59.2 Å². The molecule has 2 aromatic carbocycles. The first kappa shape index (κ1) is 19.6. The highest BCUT2D eigenvalue weighted by Crippen LogP contribution is 2.31.